The van der Waals surface area contributed by atoms with Crippen molar-refractivity contribution in [2.45, 2.75) is 15.9 Å². The van der Waals surface area contributed by atoms with E-state index in [9.17, 15) is 16.8 Å². The van der Waals surface area contributed by atoms with Crippen molar-refractivity contribution in [1.29, 1.82) is 0 Å². The fraction of sp³-hybridized carbons (Fsp3) is 0.333. The Morgan fingerprint density at radius 3 is 1.89 bits per heavy atom. The van der Waals surface area contributed by atoms with Crippen molar-refractivity contribution in [3.8, 4) is 0 Å². The van der Waals surface area contributed by atoms with E-state index in [1.165, 1.54) is 0 Å². The number of aliphatic hydroxyl groups is 2. The normalized spacial score (nSPS) is 14.4. The van der Waals surface area contributed by atoms with Crippen LogP contribution in [0.25, 0.3) is 0 Å². The molecular weight excluding hydrogens is 282 g/mol. The van der Waals surface area contributed by atoms with Gasteiger partial charge in [0, 0.05) is 0 Å². The lowest BCUT2D eigenvalue weighted by molar-refractivity contribution is 0.112. The zero-order valence-corrected chi connectivity index (χ0v) is 10.9. The summed E-state index contributed by atoms with van der Waals surface area (Å²) in [5.74, 6) is -0.641. The van der Waals surface area contributed by atoms with Gasteiger partial charge in [-0.1, -0.05) is 0 Å². The molecule has 0 aliphatic rings. The van der Waals surface area contributed by atoms with E-state index < -0.39 is 38.3 Å². The Balaban J connectivity index is 3.06. The Morgan fingerprint density at radius 2 is 1.50 bits per heavy atom. The highest BCUT2D eigenvalue weighted by molar-refractivity contribution is 7.91. The average Bonchev–Trinajstić information content (AvgIpc) is 2.27. The van der Waals surface area contributed by atoms with Crippen LogP contribution in [0.4, 0.5) is 0 Å². The molecule has 18 heavy (non-hydrogen) atoms. The van der Waals surface area contributed by atoms with Crippen LogP contribution in [-0.4, -0.2) is 45.5 Å². The second kappa shape index (κ2) is 5.33. The monoisotopic (exact) mass is 295 g/mol. The third-order valence-electron chi connectivity index (χ3n) is 2.13. The van der Waals surface area contributed by atoms with Gasteiger partial charge in [0.2, 0.25) is 10.0 Å². The minimum absolute atomic E-state index is 0.151. The number of hydrogen-bond donors (Lipinski definition) is 3. The maximum absolute atomic E-state index is 11.7. The molecule has 102 valence electrons. The maximum atomic E-state index is 11.7. The Morgan fingerprint density at radius 1 is 1.06 bits per heavy atom. The lowest BCUT2D eigenvalue weighted by atomic mass is 10.4. The number of sulfonamides is 1. The van der Waals surface area contributed by atoms with E-state index in [4.69, 9.17) is 15.4 Å². The van der Waals surface area contributed by atoms with Crippen LogP contribution in [-0.2, 0) is 19.9 Å². The van der Waals surface area contributed by atoms with E-state index in [1.807, 2.05) is 0 Å². The number of hydrogen-bond acceptors (Lipinski definition) is 6. The van der Waals surface area contributed by atoms with Gasteiger partial charge in [0.25, 0.3) is 0 Å². The quantitative estimate of drug-likeness (QED) is 0.602. The summed E-state index contributed by atoms with van der Waals surface area (Å²) in [6.45, 7) is -0.672. The van der Waals surface area contributed by atoms with Gasteiger partial charge < -0.3 is 10.2 Å². The smallest absolute Gasteiger partial charge is 0.238 e. The molecule has 0 amide bonds. The fourth-order valence-corrected chi connectivity index (χ4v) is 3.11. The molecule has 9 heteroatoms. The van der Waals surface area contributed by atoms with Crippen LogP contribution in [0.1, 0.15) is 0 Å². The summed E-state index contributed by atoms with van der Waals surface area (Å²) in [6, 6.07) is 4.29. The van der Waals surface area contributed by atoms with Crippen molar-refractivity contribution in [2.24, 2.45) is 5.14 Å². The molecule has 1 atom stereocenters. The first-order valence-electron chi connectivity index (χ1n) is 4.81. The molecule has 0 aliphatic carbocycles. The molecule has 0 heterocycles. The average molecular weight is 295 g/mol. The summed E-state index contributed by atoms with van der Waals surface area (Å²) in [4.78, 5) is -0.355. The molecule has 0 saturated carbocycles. The largest absolute Gasteiger partial charge is 0.394 e. The van der Waals surface area contributed by atoms with Gasteiger partial charge in [-0.05, 0) is 24.3 Å². The van der Waals surface area contributed by atoms with Gasteiger partial charge >= 0.3 is 0 Å². The third-order valence-corrected chi connectivity index (χ3v) is 4.88. The second-order valence-corrected chi connectivity index (χ2v) is 7.23. The van der Waals surface area contributed by atoms with Gasteiger partial charge in [0.05, 0.1) is 28.3 Å². The van der Waals surface area contributed by atoms with E-state index in [1.54, 1.807) is 0 Å². The number of sulfone groups is 1. The topological polar surface area (TPSA) is 135 Å². The van der Waals surface area contributed by atoms with Crippen molar-refractivity contribution < 1.29 is 27.0 Å². The number of nitrogens with two attached hydrogens (primary N) is 1. The van der Waals surface area contributed by atoms with Gasteiger partial charge in [0.15, 0.2) is 9.84 Å². The highest BCUT2D eigenvalue weighted by Gasteiger charge is 2.20. The number of rotatable bonds is 5. The predicted octanol–water partition coefficient (Wildman–Crippen LogP) is -1.54. The molecule has 0 saturated heterocycles. The van der Waals surface area contributed by atoms with Gasteiger partial charge in [-0.2, -0.15) is 0 Å². The second-order valence-electron chi connectivity index (χ2n) is 3.63. The van der Waals surface area contributed by atoms with E-state index in [0.717, 1.165) is 24.3 Å². The van der Waals surface area contributed by atoms with Gasteiger partial charge in [-0.25, -0.2) is 22.0 Å². The third kappa shape index (κ3) is 3.75. The molecule has 0 fully saturated rings. The van der Waals surface area contributed by atoms with Crippen molar-refractivity contribution in [1.82, 2.24) is 0 Å². The molecule has 1 rings (SSSR count). The van der Waals surface area contributed by atoms with E-state index >= 15 is 0 Å². The van der Waals surface area contributed by atoms with Crippen LogP contribution in [0.15, 0.2) is 34.1 Å². The van der Waals surface area contributed by atoms with Crippen molar-refractivity contribution >= 4 is 19.9 Å². The predicted molar refractivity (Wildman–Crippen MR) is 63.0 cm³/mol. The molecule has 0 bridgehead atoms. The van der Waals surface area contributed by atoms with Crippen LogP contribution in [0.2, 0.25) is 0 Å². The Hall–Kier alpha value is -1.00. The van der Waals surface area contributed by atoms with Crippen LogP contribution >= 0.6 is 0 Å². The zero-order chi connectivity index (χ0) is 14.0. The lowest BCUT2D eigenvalue weighted by Crippen LogP contribution is -2.24. The van der Waals surface area contributed by atoms with Crippen molar-refractivity contribution in [3.05, 3.63) is 24.3 Å². The molecule has 0 aliphatic heterocycles. The summed E-state index contributed by atoms with van der Waals surface area (Å²) in [7, 11) is -7.66. The summed E-state index contributed by atoms with van der Waals surface area (Å²) in [5.41, 5.74) is 0. The van der Waals surface area contributed by atoms with Crippen LogP contribution < -0.4 is 5.14 Å². The van der Waals surface area contributed by atoms with Gasteiger partial charge in [-0.15, -0.1) is 0 Å². The highest BCUT2D eigenvalue weighted by atomic mass is 32.2. The van der Waals surface area contributed by atoms with Crippen LogP contribution in [0, 0.1) is 0 Å². The highest BCUT2D eigenvalue weighted by Crippen LogP contribution is 2.15. The first-order valence-corrected chi connectivity index (χ1v) is 8.01. The van der Waals surface area contributed by atoms with Crippen molar-refractivity contribution in [3.63, 3.8) is 0 Å². The number of benzene rings is 1. The zero-order valence-electron chi connectivity index (χ0n) is 9.22. The molecule has 1 aromatic rings. The number of primary sulfonamides is 1. The summed E-state index contributed by atoms with van der Waals surface area (Å²) >= 11 is 0. The molecular formula is C9H13NO6S2. The first kappa shape index (κ1) is 15.1. The number of aliphatic hydroxyl groups excluding tert-OH is 2. The molecule has 0 spiro atoms. The van der Waals surface area contributed by atoms with Gasteiger partial charge in [-0.3, -0.25) is 0 Å². The summed E-state index contributed by atoms with van der Waals surface area (Å²) in [6.07, 6.45) is -1.38. The summed E-state index contributed by atoms with van der Waals surface area (Å²) < 4.78 is 45.4. The fourth-order valence-electron chi connectivity index (χ4n) is 1.24. The molecule has 1 unspecified atom stereocenters. The summed E-state index contributed by atoms with van der Waals surface area (Å²) in [5, 5.41) is 22.5. The Labute approximate surface area is 105 Å². The van der Waals surface area contributed by atoms with E-state index in [2.05, 4.69) is 0 Å². The molecule has 1 aromatic carbocycles. The molecule has 0 radical (unpaired) electrons. The minimum Gasteiger partial charge on any atom is -0.394 e. The van der Waals surface area contributed by atoms with Crippen LogP contribution in [0.3, 0.4) is 0 Å². The van der Waals surface area contributed by atoms with Crippen LogP contribution in [0.5, 0.6) is 0 Å². The SMILES string of the molecule is NS(=O)(=O)c1ccc(S(=O)(=O)CC(O)CO)cc1. The Kier molecular flexibility index (Phi) is 4.46. The first-order chi connectivity index (χ1) is 8.16. The van der Waals surface area contributed by atoms with Crippen molar-refractivity contribution in [2.75, 3.05) is 12.4 Å². The van der Waals surface area contributed by atoms with Gasteiger partial charge in [0.1, 0.15) is 0 Å². The lowest BCUT2D eigenvalue weighted by Gasteiger charge is -2.08. The van der Waals surface area contributed by atoms with E-state index in [0.29, 0.717) is 0 Å². The van der Waals surface area contributed by atoms with E-state index in [-0.39, 0.29) is 9.79 Å². The molecule has 0 aromatic heterocycles. The molecule has 7 nitrogen and oxygen atoms in total. The maximum Gasteiger partial charge on any atom is 0.238 e. The minimum atomic E-state index is -3.88. The standard InChI is InChI=1S/C9H13NO6S2/c10-18(15,16)9-3-1-8(2-4-9)17(13,14)6-7(12)5-11/h1-4,7,11-12H,5-6H2,(H2,10,15,16). The Bertz CT molecular complexity index is 605. The molecule has 4 N–H and O–H groups in total.